The number of anilines is 1. The lowest BCUT2D eigenvalue weighted by atomic mass is 9.96. The Morgan fingerprint density at radius 3 is 2.83 bits per heavy atom. The SMILES string of the molecule is N#Cc1cc(N2CCCC(C(=O)NCCN)C2)ccc1C(F)(F)F. The fourth-order valence-corrected chi connectivity index (χ4v) is 2.83. The summed E-state index contributed by atoms with van der Waals surface area (Å²) >= 11 is 0. The molecule has 3 N–H and O–H groups in total. The maximum absolute atomic E-state index is 12.9. The first kappa shape index (κ1) is 18.1. The summed E-state index contributed by atoms with van der Waals surface area (Å²) in [6, 6.07) is 5.12. The summed E-state index contributed by atoms with van der Waals surface area (Å²) in [6.45, 7) is 1.80. The van der Waals surface area contributed by atoms with Gasteiger partial charge in [-0.2, -0.15) is 18.4 Å². The average Bonchev–Trinajstić information content (AvgIpc) is 2.58. The highest BCUT2D eigenvalue weighted by atomic mass is 19.4. The molecule has 5 nitrogen and oxygen atoms in total. The molecule has 0 aliphatic carbocycles. The van der Waals surface area contributed by atoms with E-state index in [4.69, 9.17) is 11.0 Å². The molecule has 8 heteroatoms. The van der Waals surface area contributed by atoms with Crippen LogP contribution in [0.25, 0.3) is 0 Å². The highest BCUT2D eigenvalue weighted by molar-refractivity contribution is 5.79. The van der Waals surface area contributed by atoms with E-state index >= 15 is 0 Å². The zero-order chi connectivity index (χ0) is 17.7. The maximum atomic E-state index is 12.9. The van der Waals surface area contributed by atoms with E-state index in [0.29, 0.717) is 31.9 Å². The van der Waals surface area contributed by atoms with Gasteiger partial charge in [0.1, 0.15) is 0 Å². The van der Waals surface area contributed by atoms with Crippen LogP contribution in [0.2, 0.25) is 0 Å². The van der Waals surface area contributed by atoms with Crippen LogP contribution in [0.5, 0.6) is 0 Å². The van der Waals surface area contributed by atoms with Crippen LogP contribution < -0.4 is 16.0 Å². The van der Waals surface area contributed by atoms with Gasteiger partial charge in [0.2, 0.25) is 5.91 Å². The number of piperidine rings is 1. The van der Waals surface area contributed by atoms with E-state index in [1.807, 2.05) is 4.90 Å². The summed E-state index contributed by atoms with van der Waals surface area (Å²) in [4.78, 5) is 13.9. The summed E-state index contributed by atoms with van der Waals surface area (Å²) in [5.74, 6) is -0.337. The first-order chi connectivity index (χ1) is 11.4. The van der Waals surface area contributed by atoms with Gasteiger partial charge in [-0.3, -0.25) is 4.79 Å². The highest BCUT2D eigenvalue weighted by Crippen LogP contribution is 2.34. The predicted molar refractivity (Wildman–Crippen MR) is 83.2 cm³/mol. The van der Waals surface area contributed by atoms with Crippen LogP contribution in [0, 0.1) is 17.2 Å². The fourth-order valence-electron chi connectivity index (χ4n) is 2.83. The van der Waals surface area contributed by atoms with Gasteiger partial charge in [-0.1, -0.05) is 0 Å². The molecule has 0 radical (unpaired) electrons. The average molecular weight is 340 g/mol. The van der Waals surface area contributed by atoms with Crippen LogP contribution in [-0.2, 0) is 11.0 Å². The number of rotatable bonds is 4. The third kappa shape index (κ3) is 4.17. The van der Waals surface area contributed by atoms with Gasteiger partial charge in [-0.25, -0.2) is 0 Å². The molecule has 1 aromatic rings. The van der Waals surface area contributed by atoms with Gasteiger partial charge in [0, 0.05) is 31.9 Å². The van der Waals surface area contributed by atoms with Crippen molar-refractivity contribution in [2.24, 2.45) is 11.7 Å². The first-order valence-electron chi connectivity index (χ1n) is 7.71. The van der Waals surface area contributed by atoms with Crippen LogP contribution in [-0.4, -0.2) is 32.1 Å². The van der Waals surface area contributed by atoms with E-state index in [1.54, 1.807) is 6.07 Å². The minimum absolute atomic E-state index is 0.0995. The Balaban J connectivity index is 2.16. The van der Waals surface area contributed by atoms with Gasteiger partial charge in [0.15, 0.2) is 0 Å². The van der Waals surface area contributed by atoms with Gasteiger partial charge in [0.05, 0.1) is 23.1 Å². The van der Waals surface area contributed by atoms with Crippen LogP contribution in [0.3, 0.4) is 0 Å². The number of carbonyl (C=O) groups excluding carboxylic acids is 1. The van der Waals surface area contributed by atoms with Gasteiger partial charge < -0.3 is 16.0 Å². The van der Waals surface area contributed by atoms with Crippen molar-refractivity contribution in [2.75, 3.05) is 31.1 Å². The molecule has 1 unspecified atom stereocenters. The number of alkyl halides is 3. The number of nitriles is 1. The number of hydrogen-bond donors (Lipinski definition) is 2. The second-order valence-electron chi connectivity index (χ2n) is 5.70. The van der Waals surface area contributed by atoms with Crippen LogP contribution in [0.1, 0.15) is 24.0 Å². The summed E-state index contributed by atoms with van der Waals surface area (Å²) in [6.07, 6.45) is -3.08. The van der Waals surface area contributed by atoms with Crippen LogP contribution in [0.15, 0.2) is 18.2 Å². The van der Waals surface area contributed by atoms with Crippen LogP contribution >= 0.6 is 0 Å². The molecule has 1 saturated heterocycles. The Hall–Kier alpha value is -2.27. The molecule has 1 aliphatic heterocycles. The number of carbonyl (C=O) groups is 1. The normalized spacial score (nSPS) is 18.1. The molecule has 0 saturated carbocycles. The Morgan fingerprint density at radius 2 is 2.21 bits per heavy atom. The number of benzene rings is 1. The molecule has 130 valence electrons. The number of nitrogens with one attached hydrogen (secondary N) is 1. The zero-order valence-corrected chi connectivity index (χ0v) is 13.1. The Morgan fingerprint density at radius 1 is 1.46 bits per heavy atom. The molecule has 1 heterocycles. The van der Waals surface area contributed by atoms with Crippen LogP contribution in [0.4, 0.5) is 18.9 Å². The second-order valence-corrected chi connectivity index (χ2v) is 5.70. The van der Waals surface area contributed by atoms with E-state index in [1.165, 1.54) is 12.1 Å². The van der Waals surface area contributed by atoms with E-state index < -0.39 is 17.3 Å². The molecule has 24 heavy (non-hydrogen) atoms. The lowest BCUT2D eigenvalue weighted by Crippen LogP contribution is -2.44. The van der Waals surface area contributed by atoms with Crippen molar-refractivity contribution in [3.05, 3.63) is 29.3 Å². The third-order valence-corrected chi connectivity index (χ3v) is 4.03. The molecular formula is C16H19F3N4O. The summed E-state index contributed by atoms with van der Waals surface area (Å²) in [7, 11) is 0. The van der Waals surface area contributed by atoms with E-state index in [9.17, 15) is 18.0 Å². The summed E-state index contributed by atoms with van der Waals surface area (Å²) < 4.78 is 38.6. The van der Waals surface area contributed by atoms with Gasteiger partial charge in [-0.15, -0.1) is 0 Å². The van der Waals surface area contributed by atoms with Crippen molar-refractivity contribution in [3.8, 4) is 6.07 Å². The second kappa shape index (κ2) is 7.53. The molecule has 0 spiro atoms. The maximum Gasteiger partial charge on any atom is 0.417 e. The first-order valence-corrected chi connectivity index (χ1v) is 7.71. The molecule has 1 atom stereocenters. The third-order valence-electron chi connectivity index (χ3n) is 4.03. The molecule has 1 aromatic carbocycles. The van der Waals surface area contributed by atoms with Gasteiger partial charge >= 0.3 is 6.18 Å². The minimum atomic E-state index is -4.56. The van der Waals surface area contributed by atoms with E-state index in [0.717, 1.165) is 18.9 Å². The molecule has 2 rings (SSSR count). The van der Waals surface area contributed by atoms with E-state index in [-0.39, 0.29) is 11.8 Å². The minimum Gasteiger partial charge on any atom is -0.371 e. The molecule has 1 fully saturated rings. The molecule has 1 aliphatic rings. The largest absolute Gasteiger partial charge is 0.417 e. The molecular weight excluding hydrogens is 321 g/mol. The Kier molecular flexibility index (Phi) is 5.67. The molecule has 0 bridgehead atoms. The lowest BCUT2D eigenvalue weighted by Gasteiger charge is -2.34. The fraction of sp³-hybridized carbons (Fsp3) is 0.500. The number of halogens is 3. The van der Waals surface area contributed by atoms with Crippen molar-refractivity contribution in [3.63, 3.8) is 0 Å². The number of amides is 1. The predicted octanol–water partition coefficient (Wildman–Crippen LogP) is 1.87. The van der Waals surface area contributed by atoms with E-state index in [2.05, 4.69) is 5.32 Å². The topological polar surface area (TPSA) is 82.2 Å². The smallest absolute Gasteiger partial charge is 0.371 e. The lowest BCUT2D eigenvalue weighted by molar-refractivity contribution is -0.137. The summed E-state index contributed by atoms with van der Waals surface area (Å²) in [5, 5.41) is 11.7. The Labute approximate surface area is 138 Å². The molecule has 0 aromatic heterocycles. The van der Waals surface area contributed by atoms with Gasteiger partial charge in [-0.05, 0) is 31.0 Å². The molecule has 1 amide bonds. The summed E-state index contributed by atoms with van der Waals surface area (Å²) in [5.41, 5.74) is 4.53. The van der Waals surface area contributed by atoms with Crippen molar-refractivity contribution in [1.29, 1.82) is 5.26 Å². The van der Waals surface area contributed by atoms with Crippen molar-refractivity contribution < 1.29 is 18.0 Å². The van der Waals surface area contributed by atoms with Crippen molar-refractivity contribution >= 4 is 11.6 Å². The number of hydrogen-bond acceptors (Lipinski definition) is 4. The Bertz CT molecular complexity index is 639. The standard InChI is InChI=1S/C16H19F3N4O/c17-16(18,19)14-4-3-13(8-12(14)9-21)23-7-1-2-11(10-23)15(24)22-6-5-20/h3-4,8,11H,1-2,5-7,10,20H2,(H,22,24). The monoisotopic (exact) mass is 340 g/mol. The number of nitrogens with zero attached hydrogens (tertiary/aromatic N) is 2. The van der Waals surface area contributed by atoms with Crippen molar-refractivity contribution in [1.82, 2.24) is 5.32 Å². The zero-order valence-electron chi connectivity index (χ0n) is 13.1. The van der Waals surface area contributed by atoms with Gasteiger partial charge in [0.25, 0.3) is 0 Å². The number of nitrogens with two attached hydrogens (primary N) is 1. The van der Waals surface area contributed by atoms with Crippen molar-refractivity contribution in [2.45, 2.75) is 19.0 Å². The highest BCUT2D eigenvalue weighted by Gasteiger charge is 2.34. The quantitative estimate of drug-likeness (QED) is 0.877.